The van der Waals surface area contributed by atoms with E-state index in [2.05, 4.69) is 0 Å². The molecule has 0 bridgehead atoms. The SMILES string of the molecule is OCCN(CCO)CCO.OCCN(CCO)CCO.[Cu+2]. The molecule has 0 amide bonds. The first kappa shape index (κ1) is 26.1. The van der Waals surface area contributed by atoms with Crippen LogP contribution in [0.1, 0.15) is 0 Å². The summed E-state index contributed by atoms with van der Waals surface area (Å²) in [5, 5.41) is 50.9. The molecule has 6 N–H and O–H groups in total. The monoisotopic (exact) mass is 361 g/mol. The normalized spacial score (nSPS) is 10.3. The van der Waals surface area contributed by atoms with Gasteiger partial charge in [0, 0.05) is 39.3 Å². The zero-order valence-electron chi connectivity index (χ0n) is 12.4. The molecule has 0 heterocycles. The van der Waals surface area contributed by atoms with Crippen LogP contribution in [0.3, 0.4) is 0 Å². The van der Waals surface area contributed by atoms with Gasteiger partial charge in [-0.25, -0.2) is 0 Å². The third kappa shape index (κ3) is 20.2. The summed E-state index contributed by atoms with van der Waals surface area (Å²) in [6.45, 7) is 3.51. The molecule has 0 saturated heterocycles. The predicted molar refractivity (Wildman–Crippen MR) is 75.4 cm³/mol. The van der Waals surface area contributed by atoms with Crippen molar-refractivity contribution in [1.29, 1.82) is 0 Å². The van der Waals surface area contributed by atoms with Crippen LogP contribution in [0.5, 0.6) is 0 Å². The maximum absolute atomic E-state index is 8.48. The van der Waals surface area contributed by atoms with Crippen molar-refractivity contribution in [3.8, 4) is 0 Å². The van der Waals surface area contributed by atoms with Crippen molar-refractivity contribution in [2.75, 3.05) is 78.9 Å². The third-order valence-corrected chi connectivity index (χ3v) is 2.50. The van der Waals surface area contributed by atoms with Gasteiger partial charge in [0.15, 0.2) is 0 Å². The molecule has 0 aliphatic carbocycles. The van der Waals surface area contributed by atoms with Gasteiger partial charge in [0.2, 0.25) is 0 Å². The van der Waals surface area contributed by atoms with Crippen molar-refractivity contribution in [2.45, 2.75) is 0 Å². The van der Waals surface area contributed by atoms with Gasteiger partial charge in [0.05, 0.1) is 39.6 Å². The number of rotatable bonds is 12. The molecule has 21 heavy (non-hydrogen) atoms. The number of aliphatic hydroxyl groups excluding tert-OH is 6. The van der Waals surface area contributed by atoms with Crippen molar-refractivity contribution < 1.29 is 47.7 Å². The fourth-order valence-electron chi connectivity index (χ4n) is 1.52. The van der Waals surface area contributed by atoms with Gasteiger partial charge in [-0.2, -0.15) is 0 Å². The van der Waals surface area contributed by atoms with E-state index in [0.717, 1.165) is 0 Å². The van der Waals surface area contributed by atoms with Gasteiger partial charge in [-0.05, 0) is 0 Å². The van der Waals surface area contributed by atoms with E-state index in [9.17, 15) is 0 Å². The number of hydrogen-bond donors (Lipinski definition) is 6. The van der Waals surface area contributed by atoms with E-state index in [1.165, 1.54) is 0 Å². The van der Waals surface area contributed by atoms with Gasteiger partial charge in [-0.1, -0.05) is 0 Å². The summed E-state index contributed by atoms with van der Waals surface area (Å²) in [6, 6.07) is 0. The first-order valence-corrected chi connectivity index (χ1v) is 6.79. The first-order chi connectivity index (χ1) is 9.69. The second-order valence-corrected chi connectivity index (χ2v) is 4.02. The molecule has 0 aromatic rings. The first-order valence-electron chi connectivity index (χ1n) is 6.79. The molecule has 0 aromatic carbocycles. The standard InChI is InChI=1S/2C6H15NO3.Cu/c2*8-4-1-7(2-5-9)3-6-10;/h2*8-10H,1-6H2;/q;;+2. The minimum absolute atomic E-state index is 0. The molecule has 0 unspecified atom stereocenters. The van der Waals surface area contributed by atoms with Crippen LogP contribution in [-0.2, 0) is 17.1 Å². The Bertz CT molecular complexity index is 135. The minimum atomic E-state index is 0. The average molecular weight is 362 g/mol. The topological polar surface area (TPSA) is 128 Å². The van der Waals surface area contributed by atoms with E-state index in [4.69, 9.17) is 30.6 Å². The average Bonchev–Trinajstić information content (AvgIpc) is 2.41. The van der Waals surface area contributed by atoms with Crippen molar-refractivity contribution in [1.82, 2.24) is 9.80 Å². The van der Waals surface area contributed by atoms with E-state index in [0.29, 0.717) is 39.3 Å². The predicted octanol–water partition coefficient (Wildman–Crippen LogP) is -3.47. The zero-order chi connectivity index (χ0) is 15.6. The Labute approximate surface area is 137 Å². The van der Waals surface area contributed by atoms with E-state index in [1.807, 2.05) is 0 Å². The van der Waals surface area contributed by atoms with E-state index < -0.39 is 0 Å². The largest absolute Gasteiger partial charge is 2.00 e. The summed E-state index contributed by atoms with van der Waals surface area (Å²) < 4.78 is 0. The van der Waals surface area contributed by atoms with E-state index in [-0.39, 0.29) is 56.7 Å². The van der Waals surface area contributed by atoms with Crippen molar-refractivity contribution in [3.63, 3.8) is 0 Å². The fraction of sp³-hybridized carbons (Fsp3) is 1.00. The van der Waals surface area contributed by atoms with E-state index in [1.54, 1.807) is 9.80 Å². The molecule has 0 aliphatic heterocycles. The van der Waals surface area contributed by atoms with Crippen molar-refractivity contribution in [3.05, 3.63) is 0 Å². The Kier molecular flexibility index (Phi) is 28.0. The summed E-state index contributed by atoms with van der Waals surface area (Å²) in [7, 11) is 0. The molecule has 1 radical (unpaired) electrons. The van der Waals surface area contributed by atoms with Gasteiger partial charge in [0.25, 0.3) is 0 Å². The summed E-state index contributed by atoms with van der Waals surface area (Å²) in [6.07, 6.45) is 0. The Hall–Kier alpha value is 0.199. The van der Waals surface area contributed by atoms with Gasteiger partial charge in [-0.15, -0.1) is 0 Å². The van der Waals surface area contributed by atoms with Gasteiger partial charge in [-0.3, -0.25) is 9.80 Å². The second kappa shape index (κ2) is 22.5. The fourth-order valence-corrected chi connectivity index (χ4v) is 1.52. The quantitative estimate of drug-likeness (QED) is 0.198. The smallest absolute Gasteiger partial charge is 0.395 e. The molecule has 9 heteroatoms. The molecule has 0 aliphatic rings. The van der Waals surface area contributed by atoms with Crippen LogP contribution >= 0.6 is 0 Å². The Morgan fingerprint density at radius 2 is 0.524 bits per heavy atom. The molecule has 0 atom stereocenters. The number of hydrogen-bond acceptors (Lipinski definition) is 8. The number of nitrogens with zero attached hydrogens (tertiary/aromatic N) is 2. The van der Waals surface area contributed by atoms with Crippen LogP contribution < -0.4 is 0 Å². The maximum Gasteiger partial charge on any atom is 2.00 e. The summed E-state index contributed by atoms with van der Waals surface area (Å²) in [5.41, 5.74) is 0. The minimum Gasteiger partial charge on any atom is -0.395 e. The van der Waals surface area contributed by atoms with Gasteiger partial charge >= 0.3 is 17.1 Å². The van der Waals surface area contributed by atoms with Crippen molar-refractivity contribution >= 4 is 0 Å². The molecule has 0 saturated carbocycles. The summed E-state index contributed by atoms with van der Waals surface area (Å²) >= 11 is 0. The molecule has 0 rings (SSSR count). The third-order valence-electron chi connectivity index (χ3n) is 2.50. The summed E-state index contributed by atoms with van der Waals surface area (Å²) in [5.74, 6) is 0. The number of aliphatic hydroxyl groups is 6. The Morgan fingerprint density at radius 1 is 0.381 bits per heavy atom. The van der Waals surface area contributed by atoms with Crippen molar-refractivity contribution in [2.24, 2.45) is 0 Å². The zero-order valence-corrected chi connectivity index (χ0v) is 13.3. The molecule has 0 aromatic heterocycles. The molecule has 133 valence electrons. The molecule has 8 nitrogen and oxygen atoms in total. The Morgan fingerprint density at radius 3 is 0.619 bits per heavy atom. The molecular formula is C12H30CuN2O6+2. The molecule has 0 spiro atoms. The van der Waals surface area contributed by atoms with Crippen LogP contribution in [-0.4, -0.2) is 119 Å². The molecule has 0 fully saturated rings. The van der Waals surface area contributed by atoms with Crippen LogP contribution in [0.15, 0.2) is 0 Å². The van der Waals surface area contributed by atoms with Crippen LogP contribution in [0, 0.1) is 0 Å². The Balaban J connectivity index is -0.000000295. The second-order valence-electron chi connectivity index (χ2n) is 4.02. The van der Waals surface area contributed by atoms with Crippen LogP contribution in [0.4, 0.5) is 0 Å². The summed E-state index contributed by atoms with van der Waals surface area (Å²) in [4.78, 5) is 3.58. The molecular weight excluding hydrogens is 332 g/mol. The van der Waals surface area contributed by atoms with Crippen LogP contribution in [0.25, 0.3) is 0 Å². The van der Waals surface area contributed by atoms with Gasteiger partial charge in [0.1, 0.15) is 0 Å². The van der Waals surface area contributed by atoms with Gasteiger partial charge < -0.3 is 30.6 Å². The van der Waals surface area contributed by atoms with Crippen LogP contribution in [0.2, 0.25) is 0 Å². The maximum atomic E-state index is 8.48. The van der Waals surface area contributed by atoms with E-state index >= 15 is 0 Å².